The maximum atomic E-state index is 12.4. The molecule has 0 aliphatic heterocycles. The van der Waals surface area contributed by atoms with Crippen LogP contribution in [0.2, 0.25) is 0 Å². The lowest BCUT2D eigenvalue weighted by molar-refractivity contribution is -0.128. The van der Waals surface area contributed by atoms with E-state index < -0.39 is 6.04 Å². The van der Waals surface area contributed by atoms with Gasteiger partial charge in [-0.2, -0.15) is 0 Å². The number of methoxy groups -OCH3 is 3. The van der Waals surface area contributed by atoms with E-state index in [1.807, 2.05) is 13.8 Å². The number of amides is 2. The van der Waals surface area contributed by atoms with Gasteiger partial charge in [0.05, 0.1) is 27.8 Å². The number of carbonyl (C=O) groups is 2. The Hall–Kier alpha value is -2.44. The topological polar surface area (TPSA) is 85.9 Å². The molecule has 140 valence electrons. The van der Waals surface area contributed by atoms with Gasteiger partial charge < -0.3 is 24.8 Å². The second-order valence-corrected chi connectivity index (χ2v) is 6.07. The van der Waals surface area contributed by atoms with Gasteiger partial charge >= 0.3 is 0 Å². The third-order valence-electron chi connectivity index (χ3n) is 3.69. The summed E-state index contributed by atoms with van der Waals surface area (Å²) >= 11 is 0. The van der Waals surface area contributed by atoms with Gasteiger partial charge in [0.1, 0.15) is 6.04 Å². The summed E-state index contributed by atoms with van der Waals surface area (Å²) in [5.74, 6) is 1.26. The van der Waals surface area contributed by atoms with Gasteiger partial charge in [0.25, 0.3) is 0 Å². The Morgan fingerprint density at radius 2 is 1.60 bits per heavy atom. The molecular weight excluding hydrogens is 324 g/mol. The first kappa shape index (κ1) is 20.6. The van der Waals surface area contributed by atoms with E-state index in [2.05, 4.69) is 10.6 Å². The Balaban J connectivity index is 2.93. The van der Waals surface area contributed by atoms with Gasteiger partial charge in [0.2, 0.25) is 17.6 Å². The molecule has 1 aromatic rings. The molecule has 0 spiro atoms. The van der Waals surface area contributed by atoms with Crippen molar-refractivity contribution in [2.24, 2.45) is 5.92 Å². The fourth-order valence-corrected chi connectivity index (χ4v) is 2.55. The minimum absolute atomic E-state index is 0.0995. The van der Waals surface area contributed by atoms with Crippen LogP contribution in [0.25, 0.3) is 0 Å². The van der Waals surface area contributed by atoms with E-state index in [0.717, 1.165) is 0 Å². The van der Waals surface area contributed by atoms with Gasteiger partial charge in [-0.25, -0.2) is 0 Å². The first-order valence-electron chi connectivity index (χ1n) is 8.16. The third-order valence-corrected chi connectivity index (χ3v) is 3.69. The van der Waals surface area contributed by atoms with Crippen molar-refractivity contribution in [3.63, 3.8) is 0 Å². The van der Waals surface area contributed by atoms with Gasteiger partial charge in [-0.1, -0.05) is 13.8 Å². The van der Waals surface area contributed by atoms with Gasteiger partial charge in [-0.15, -0.1) is 0 Å². The van der Waals surface area contributed by atoms with Crippen molar-refractivity contribution in [3.8, 4) is 17.2 Å². The molecule has 0 heterocycles. The highest BCUT2D eigenvalue weighted by Gasteiger charge is 2.21. The highest BCUT2D eigenvalue weighted by atomic mass is 16.5. The Morgan fingerprint density at radius 1 is 1.04 bits per heavy atom. The fraction of sp³-hybridized carbons (Fsp3) is 0.556. The van der Waals surface area contributed by atoms with Gasteiger partial charge in [0.15, 0.2) is 11.5 Å². The van der Waals surface area contributed by atoms with Crippen molar-refractivity contribution in [3.05, 3.63) is 17.7 Å². The van der Waals surface area contributed by atoms with Crippen molar-refractivity contribution in [2.45, 2.75) is 32.7 Å². The highest BCUT2D eigenvalue weighted by Crippen LogP contribution is 2.38. The molecule has 0 bridgehead atoms. The largest absolute Gasteiger partial charge is 0.493 e. The summed E-state index contributed by atoms with van der Waals surface area (Å²) in [5, 5.41) is 5.37. The van der Waals surface area contributed by atoms with Crippen molar-refractivity contribution < 1.29 is 23.8 Å². The molecule has 25 heavy (non-hydrogen) atoms. The number of benzene rings is 1. The molecule has 0 aromatic heterocycles. The van der Waals surface area contributed by atoms with E-state index >= 15 is 0 Å². The molecule has 0 aliphatic carbocycles. The van der Waals surface area contributed by atoms with Gasteiger partial charge in [-0.3, -0.25) is 9.59 Å². The zero-order valence-corrected chi connectivity index (χ0v) is 15.8. The summed E-state index contributed by atoms with van der Waals surface area (Å²) in [6, 6.07) is 2.89. The highest BCUT2D eigenvalue weighted by molar-refractivity contribution is 5.88. The Morgan fingerprint density at radius 3 is 2.00 bits per heavy atom. The summed E-state index contributed by atoms with van der Waals surface area (Å²) in [7, 11) is 6.12. The molecule has 1 aromatic carbocycles. The van der Waals surface area contributed by atoms with Crippen LogP contribution in [0.15, 0.2) is 12.1 Å². The summed E-state index contributed by atoms with van der Waals surface area (Å²) < 4.78 is 15.8. The van der Waals surface area contributed by atoms with Gasteiger partial charge in [0, 0.05) is 7.05 Å². The Kier molecular flexibility index (Phi) is 8.04. The van der Waals surface area contributed by atoms with Crippen molar-refractivity contribution >= 4 is 11.8 Å². The number of hydrogen-bond acceptors (Lipinski definition) is 5. The number of nitrogens with one attached hydrogen (secondary N) is 2. The van der Waals surface area contributed by atoms with Crippen LogP contribution in [-0.2, 0) is 16.0 Å². The predicted molar refractivity (Wildman–Crippen MR) is 95.3 cm³/mol. The number of hydrogen-bond donors (Lipinski definition) is 2. The van der Waals surface area contributed by atoms with E-state index in [4.69, 9.17) is 14.2 Å². The molecule has 2 amide bonds. The number of carbonyl (C=O) groups excluding carboxylic acids is 2. The minimum atomic E-state index is -0.556. The molecule has 1 rings (SSSR count). The second kappa shape index (κ2) is 9.76. The van der Waals surface area contributed by atoms with Crippen LogP contribution in [0, 0.1) is 5.92 Å². The predicted octanol–water partition coefficient (Wildman–Crippen LogP) is 1.53. The smallest absolute Gasteiger partial charge is 0.242 e. The van der Waals surface area contributed by atoms with Crippen molar-refractivity contribution in [2.75, 3.05) is 28.4 Å². The van der Waals surface area contributed by atoms with E-state index in [-0.39, 0.29) is 24.2 Å². The number of rotatable bonds is 9. The molecule has 0 saturated carbocycles. The van der Waals surface area contributed by atoms with E-state index in [1.165, 1.54) is 21.3 Å². The SMILES string of the molecule is CNC(=O)C(CC(C)C)NC(=O)Cc1cc(OC)c(OC)c(OC)c1. The molecule has 0 fully saturated rings. The van der Waals surface area contributed by atoms with Crippen LogP contribution >= 0.6 is 0 Å². The molecule has 1 unspecified atom stereocenters. The number of likely N-dealkylation sites (N-methyl/N-ethyl adjacent to an activating group) is 1. The molecule has 7 heteroatoms. The normalized spacial score (nSPS) is 11.6. The van der Waals surface area contributed by atoms with Crippen LogP contribution in [-0.4, -0.2) is 46.2 Å². The lowest BCUT2D eigenvalue weighted by atomic mass is 10.0. The summed E-state index contributed by atoms with van der Waals surface area (Å²) in [4.78, 5) is 24.3. The quantitative estimate of drug-likeness (QED) is 0.704. The average molecular weight is 352 g/mol. The Bertz CT molecular complexity index is 576. The van der Waals surface area contributed by atoms with Crippen molar-refractivity contribution in [1.82, 2.24) is 10.6 Å². The minimum Gasteiger partial charge on any atom is -0.493 e. The fourth-order valence-electron chi connectivity index (χ4n) is 2.55. The summed E-state index contributed by atoms with van der Waals surface area (Å²) in [6.45, 7) is 4.00. The van der Waals surface area contributed by atoms with E-state index in [0.29, 0.717) is 29.2 Å². The monoisotopic (exact) mass is 352 g/mol. The van der Waals surface area contributed by atoms with Crippen LogP contribution in [0.5, 0.6) is 17.2 Å². The summed E-state index contributed by atoms with van der Waals surface area (Å²) in [6.07, 6.45) is 0.670. The lowest BCUT2D eigenvalue weighted by Crippen LogP contribution is -2.46. The molecule has 2 N–H and O–H groups in total. The zero-order valence-electron chi connectivity index (χ0n) is 15.8. The molecule has 7 nitrogen and oxygen atoms in total. The number of ether oxygens (including phenoxy) is 3. The summed E-state index contributed by atoms with van der Waals surface area (Å²) in [5.41, 5.74) is 0.701. The molecule has 0 saturated heterocycles. The zero-order chi connectivity index (χ0) is 19.0. The Labute approximate surface area is 149 Å². The van der Waals surface area contributed by atoms with Crippen LogP contribution < -0.4 is 24.8 Å². The van der Waals surface area contributed by atoms with E-state index in [9.17, 15) is 9.59 Å². The maximum Gasteiger partial charge on any atom is 0.242 e. The first-order chi connectivity index (χ1) is 11.9. The maximum absolute atomic E-state index is 12.4. The molecular formula is C18H28N2O5. The molecule has 0 radical (unpaired) electrons. The van der Waals surface area contributed by atoms with Gasteiger partial charge in [-0.05, 0) is 30.0 Å². The third kappa shape index (κ3) is 5.85. The van der Waals surface area contributed by atoms with Crippen LogP contribution in [0.4, 0.5) is 0 Å². The van der Waals surface area contributed by atoms with Crippen molar-refractivity contribution in [1.29, 1.82) is 0 Å². The second-order valence-electron chi connectivity index (χ2n) is 6.07. The lowest BCUT2D eigenvalue weighted by Gasteiger charge is -2.19. The van der Waals surface area contributed by atoms with E-state index in [1.54, 1.807) is 19.2 Å². The standard InChI is InChI=1S/C18H28N2O5/c1-11(2)7-13(18(22)19-3)20-16(21)10-12-8-14(23-4)17(25-6)15(9-12)24-5/h8-9,11,13H,7,10H2,1-6H3,(H,19,22)(H,20,21). The van der Waals surface area contributed by atoms with Crippen LogP contribution in [0.3, 0.4) is 0 Å². The van der Waals surface area contributed by atoms with Crippen LogP contribution in [0.1, 0.15) is 25.8 Å². The first-order valence-corrected chi connectivity index (χ1v) is 8.16. The molecule has 0 aliphatic rings. The molecule has 1 atom stereocenters. The average Bonchev–Trinajstić information content (AvgIpc) is 2.58.